The van der Waals surface area contributed by atoms with Crippen molar-refractivity contribution in [1.82, 2.24) is 5.32 Å². The van der Waals surface area contributed by atoms with E-state index in [-0.39, 0.29) is 11.5 Å². The number of dihydropyridines is 1. The maximum Gasteiger partial charge on any atom is 0.0707 e. The van der Waals surface area contributed by atoms with Gasteiger partial charge in [-0.15, -0.1) is 0 Å². The topological polar surface area (TPSA) is 12.0 Å². The average molecular weight is 740 g/mol. The molecule has 0 saturated heterocycles. The van der Waals surface area contributed by atoms with Crippen LogP contribution in [0.15, 0.2) is 169 Å². The first-order valence-corrected chi connectivity index (χ1v) is 21.0. The van der Waals surface area contributed by atoms with Gasteiger partial charge in [0.15, 0.2) is 0 Å². The van der Waals surface area contributed by atoms with Crippen molar-refractivity contribution in [2.75, 3.05) is 0 Å². The Morgan fingerprint density at radius 3 is 1.95 bits per heavy atom. The molecule has 1 heterocycles. The molecule has 0 bridgehead atoms. The van der Waals surface area contributed by atoms with Crippen LogP contribution in [-0.4, -0.2) is 6.04 Å². The molecule has 0 amide bonds. The quantitative estimate of drug-likeness (QED) is 0.131. The van der Waals surface area contributed by atoms with E-state index in [4.69, 9.17) is 0 Å². The van der Waals surface area contributed by atoms with E-state index in [1.807, 2.05) is 0 Å². The van der Waals surface area contributed by atoms with Gasteiger partial charge in [0.25, 0.3) is 0 Å². The highest BCUT2D eigenvalue weighted by atomic mass is 14.9. The van der Waals surface area contributed by atoms with Gasteiger partial charge < -0.3 is 5.32 Å². The number of fused-ring (bicyclic) bond motifs is 4. The van der Waals surface area contributed by atoms with Crippen LogP contribution in [0, 0.1) is 13.8 Å². The normalized spacial score (nSPS) is 16.3. The second kappa shape index (κ2) is 15.5. The van der Waals surface area contributed by atoms with Gasteiger partial charge in [0, 0.05) is 11.1 Å². The Labute approximate surface area is 340 Å². The van der Waals surface area contributed by atoms with E-state index in [0.29, 0.717) is 0 Å². The Hall–Kier alpha value is -5.92. The lowest BCUT2D eigenvalue weighted by molar-refractivity contribution is 0.640. The van der Waals surface area contributed by atoms with Crippen LogP contribution < -0.4 is 5.32 Å². The third kappa shape index (κ3) is 7.28. The Bertz CT molecular complexity index is 2550. The Morgan fingerprint density at radius 2 is 1.18 bits per heavy atom. The minimum Gasteiger partial charge on any atom is -0.374 e. The van der Waals surface area contributed by atoms with Gasteiger partial charge in [-0.2, -0.15) is 0 Å². The lowest BCUT2D eigenvalue weighted by Crippen LogP contribution is -2.32. The lowest BCUT2D eigenvalue weighted by atomic mass is 9.80. The summed E-state index contributed by atoms with van der Waals surface area (Å²) in [6, 6.07) is 51.8. The fourth-order valence-corrected chi connectivity index (χ4v) is 9.63. The first-order valence-electron chi connectivity index (χ1n) is 21.0. The molecule has 1 nitrogen and oxygen atoms in total. The monoisotopic (exact) mass is 739 g/mol. The molecule has 1 unspecified atom stereocenters. The summed E-state index contributed by atoms with van der Waals surface area (Å²) in [5.41, 5.74) is 22.4. The molecule has 9 rings (SSSR count). The Kier molecular flexibility index (Phi) is 10.0. The van der Waals surface area contributed by atoms with Crippen LogP contribution in [0.2, 0.25) is 0 Å². The molecule has 0 aromatic heterocycles. The highest BCUT2D eigenvalue weighted by molar-refractivity contribution is 5.95. The molecule has 1 atom stereocenters. The molecule has 2 aliphatic carbocycles. The number of unbranched alkanes of at least 4 members (excludes halogenated alkanes) is 3. The van der Waals surface area contributed by atoms with Crippen LogP contribution in [-0.2, 0) is 18.3 Å². The van der Waals surface area contributed by atoms with E-state index >= 15 is 0 Å². The fourth-order valence-electron chi connectivity index (χ4n) is 9.63. The number of rotatable bonds is 11. The molecule has 1 N–H and O–H groups in total. The van der Waals surface area contributed by atoms with Crippen LogP contribution >= 0.6 is 0 Å². The van der Waals surface area contributed by atoms with Gasteiger partial charge in [-0.05, 0) is 147 Å². The standard InChI is InChI=1S/C56H53N/c1-38-32-46(43-25-17-22-41(34-43)21-10-6-5-9-18-40-19-11-7-12-20-40)33-39(2)55(38)45-29-31-53-50(35-45)49(42-23-13-8-14-24-42)37-54(57-53)44-28-30-48-47-26-15-16-27-51(47)56(3,4)52(48)36-44/h7-8,11-17,19-20,22-37,53,57H,5-6,9-10,18,21H2,1-4H3. The molecule has 3 aliphatic rings. The van der Waals surface area contributed by atoms with Crippen molar-refractivity contribution < 1.29 is 0 Å². The summed E-state index contributed by atoms with van der Waals surface area (Å²) in [7, 11) is 0. The third-order valence-electron chi connectivity index (χ3n) is 12.6. The fraction of sp³-hybridized carbons (Fsp3) is 0.214. The van der Waals surface area contributed by atoms with E-state index in [1.165, 1.54) is 127 Å². The van der Waals surface area contributed by atoms with E-state index < -0.39 is 0 Å². The van der Waals surface area contributed by atoms with Crippen LogP contribution in [0.25, 0.3) is 39.1 Å². The van der Waals surface area contributed by atoms with Gasteiger partial charge in [-0.25, -0.2) is 0 Å². The number of benzene rings is 6. The van der Waals surface area contributed by atoms with Crippen LogP contribution in [0.5, 0.6) is 0 Å². The maximum atomic E-state index is 3.95. The second-order valence-corrected chi connectivity index (χ2v) is 16.9. The molecule has 6 aromatic carbocycles. The Balaban J connectivity index is 0.975. The van der Waals surface area contributed by atoms with Gasteiger partial charge in [-0.3, -0.25) is 0 Å². The number of aryl methyl sites for hydroxylation is 4. The molecular weight excluding hydrogens is 687 g/mol. The van der Waals surface area contributed by atoms with E-state index in [2.05, 4.69) is 197 Å². The van der Waals surface area contributed by atoms with Gasteiger partial charge in [0.2, 0.25) is 0 Å². The van der Waals surface area contributed by atoms with Crippen LogP contribution in [0.4, 0.5) is 0 Å². The van der Waals surface area contributed by atoms with Crippen molar-refractivity contribution in [3.05, 3.63) is 219 Å². The summed E-state index contributed by atoms with van der Waals surface area (Å²) >= 11 is 0. The van der Waals surface area contributed by atoms with E-state index in [9.17, 15) is 0 Å². The molecule has 0 radical (unpaired) electrons. The van der Waals surface area contributed by atoms with Gasteiger partial charge in [-0.1, -0.05) is 172 Å². The first-order chi connectivity index (χ1) is 27.8. The summed E-state index contributed by atoms with van der Waals surface area (Å²) < 4.78 is 0. The second-order valence-electron chi connectivity index (χ2n) is 16.9. The van der Waals surface area contributed by atoms with Crippen molar-refractivity contribution in [3.8, 4) is 22.3 Å². The zero-order chi connectivity index (χ0) is 38.9. The molecule has 6 aromatic rings. The minimum atomic E-state index is -0.0420. The number of nitrogens with one attached hydrogen (secondary N) is 1. The summed E-state index contributed by atoms with van der Waals surface area (Å²) in [4.78, 5) is 0. The number of hydrogen-bond donors (Lipinski definition) is 1. The predicted octanol–water partition coefficient (Wildman–Crippen LogP) is 14.0. The summed E-state index contributed by atoms with van der Waals surface area (Å²) in [5.74, 6) is 0. The van der Waals surface area contributed by atoms with Crippen molar-refractivity contribution >= 4 is 16.8 Å². The third-order valence-corrected chi connectivity index (χ3v) is 12.6. The van der Waals surface area contributed by atoms with Crippen LogP contribution in [0.3, 0.4) is 0 Å². The summed E-state index contributed by atoms with van der Waals surface area (Å²) in [6.45, 7) is 9.28. The molecule has 282 valence electrons. The summed E-state index contributed by atoms with van der Waals surface area (Å²) in [5, 5.41) is 3.95. The molecular formula is C56H53N. The highest BCUT2D eigenvalue weighted by Crippen LogP contribution is 2.49. The smallest absolute Gasteiger partial charge is 0.0707 e. The predicted molar refractivity (Wildman–Crippen MR) is 243 cm³/mol. The van der Waals surface area contributed by atoms with Crippen LogP contribution in [0.1, 0.15) is 89.6 Å². The SMILES string of the molecule is Cc1cc(-c2cccc(CCCCCCc3ccccc3)c2)cc(C)c1C1=CC2=C(c3ccccc3)C=C(c3ccc4c(c3)C(C)(C)c3ccccc3-4)NC2C=C1. The van der Waals surface area contributed by atoms with E-state index in [1.54, 1.807) is 0 Å². The number of allylic oxidation sites excluding steroid dienone is 4. The summed E-state index contributed by atoms with van der Waals surface area (Å²) in [6.07, 6.45) is 16.9. The zero-order valence-electron chi connectivity index (χ0n) is 33.9. The molecule has 0 fully saturated rings. The molecule has 57 heavy (non-hydrogen) atoms. The van der Waals surface area contributed by atoms with Crippen molar-refractivity contribution in [3.63, 3.8) is 0 Å². The van der Waals surface area contributed by atoms with Crippen molar-refractivity contribution in [2.45, 2.75) is 77.7 Å². The molecule has 0 spiro atoms. The molecule has 0 saturated carbocycles. The first kappa shape index (κ1) is 36.7. The van der Waals surface area contributed by atoms with Crippen molar-refractivity contribution in [2.24, 2.45) is 0 Å². The van der Waals surface area contributed by atoms with Gasteiger partial charge in [0.05, 0.1) is 6.04 Å². The maximum absolute atomic E-state index is 3.95. The van der Waals surface area contributed by atoms with Crippen molar-refractivity contribution in [1.29, 1.82) is 0 Å². The zero-order valence-corrected chi connectivity index (χ0v) is 33.9. The lowest BCUT2D eigenvalue weighted by Gasteiger charge is -2.31. The highest BCUT2D eigenvalue weighted by Gasteiger charge is 2.36. The Morgan fingerprint density at radius 1 is 0.526 bits per heavy atom. The largest absolute Gasteiger partial charge is 0.374 e. The number of hydrogen-bond acceptors (Lipinski definition) is 1. The minimum absolute atomic E-state index is 0.0420. The van der Waals surface area contributed by atoms with E-state index in [0.717, 1.165) is 6.42 Å². The molecule has 1 heteroatoms. The van der Waals surface area contributed by atoms with Gasteiger partial charge in [0.1, 0.15) is 0 Å². The average Bonchev–Trinajstić information content (AvgIpc) is 3.47. The molecule has 1 aliphatic heterocycles. The van der Waals surface area contributed by atoms with Gasteiger partial charge >= 0.3 is 0 Å².